The number of guanidine groups is 1. The standard InChI is InChI=1S/C18H23N3S/c1-2-7-12-21(11-6-1)18(19-14-16-10-13-22-15-16)20-17-8-4-3-5-9-17/h3-5,8-10,13,15H,1-2,6-7,11-12,14H2,(H,19,20). The summed E-state index contributed by atoms with van der Waals surface area (Å²) in [6.45, 7) is 2.94. The summed E-state index contributed by atoms with van der Waals surface area (Å²) in [6.07, 6.45) is 5.18. The molecule has 0 saturated carbocycles. The molecule has 1 aromatic heterocycles. The Labute approximate surface area is 136 Å². The molecule has 116 valence electrons. The van der Waals surface area contributed by atoms with Crippen molar-refractivity contribution in [3.63, 3.8) is 0 Å². The molecule has 0 amide bonds. The third kappa shape index (κ3) is 4.34. The van der Waals surface area contributed by atoms with Gasteiger partial charge < -0.3 is 10.2 Å². The molecule has 1 saturated heterocycles. The summed E-state index contributed by atoms with van der Waals surface area (Å²) in [7, 11) is 0. The van der Waals surface area contributed by atoms with E-state index in [1.54, 1.807) is 11.3 Å². The van der Waals surface area contributed by atoms with Gasteiger partial charge in [-0.25, -0.2) is 4.99 Å². The zero-order chi connectivity index (χ0) is 15.0. The number of rotatable bonds is 3. The summed E-state index contributed by atoms with van der Waals surface area (Å²) >= 11 is 1.73. The van der Waals surface area contributed by atoms with E-state index in [1.165, 1.54) is 31.2 Å². The molecule has 1 aromatic carbocycles. The van der Waals surface area contributed by atoms with E-state index >= 15 is 0 Å². The van der Waals surface area contributed by atoms with E-state index in [0.717, 1.165) is 31.3 Å². The van der Waals surface area contributed by atoms with Gasteiger partial charge in [-0.3, -0.25) is 0 Å². The quantitative estimate of drug-likeness (QED) is 0.663. The minimum atomic E-state index is 0.745. The van der Waals surface area contributed by atoms with Gasteiger partial charge in [0, 0.05) is 18.8 Å². The molecule has 0 aliphatic carbocycles. The maximum atomic E-state index is 4.86. The van der Waals surface area contributed by atoms with Crippen LogP contribution in [0.3, 0.4) is 0 Å². The van der Waals surface area contributed by atoms with Crippen LogP contribution < -0.4 is 5.32 Å². The molecule has 1 aliphatic heterocycles. The Kier molecular flexibility index (Phi) is 5.48. The van der Waals surface area contributed by atoms with Crippen LogP contribution in [0.5, 0.6) is 0 Å². The van der Waals surface area contributed by atoms with E-state index in [1.807, 2.05) is 6.07 Å². The van der Waals surface area contributed by atoms with Crippen LogP contribution in [0.25, 0.3) is 0 Å². The summed E-state index contributed by atoms with van der Waals surface area (Å²) < 4.78 is 0. The molecular formula is C18H23N3S. The lowest BCUT2D eigenvalue weighted by Crippen LogP contribution is -2.37. The van der Waals surface area contributed by atoms with Gasteiger partial charge in [-0.15, -0.1) is 0 Å². The van der Waals surface area contributed by atoms with Crippen molar-refractivity contribution in [2.75, 3.05) is 18.4 Å². The van der Waals surface area contributed by atoms with Crippen LogP contribution in [-0.2, 0) is 6.54 Å². The predicted molar refractivity (Wildman–Crippen MR) is 95.6 cm³/mol. The fourth-order valence-electron chi connectivity index (χ4n) is 2.70. The minimum Gasteiger partial charge on any atom is -0.343 e. The topological polar surface area (TPSA) is 27.6 Å². The van der Waals surface area contributed by atoms with Gasteiger partial charge in [0.2, 0.25) is 0 Å². The molecule has 0 unspecified atom stereocenters. The fraction of sp³-hybridized carbons (Fsp3) is 0.389. The number of hydrogen-bond acceptors (Lipinski definition) is 2. The van der Waals surface area contributed by atoms with Crippen LogP contribution in [-0.4, -0.2) is 23.9 Å². The van der Waals surface area contributed by atoms with Crippen LogP contribution in [0.1, 0.15) is 31.2 Å². The molecule has 3 nitrogen and oxygen atoms in total. The van der Waals surface area contributed by atoms with Gasteiger partial charge >= 0.3 is 0 Å². The molecule has 3 rings (SSSR count). The molecule has 1 fully saturated rings. The lowest BCUT2D eigenvalue weighted by molar-refractivity contribution is 0.432. The third-order valence-corrected chi connectivity index (χ3v) is 4.66. The first-order valence-electron chi connectivity index (χ1n) is 8.04. The molecule has 0 atom stereocenters. The van der Waals surface area contributed by atoms with Crippen molar-refractivity contribution in [1.29, 1.82) is 0 Å². The van der Waals surface area contributed by atoms with E-state index in [9.17, 15) is 0 Å². The number of nitrogens with zero attached hydrogens (tertiary/aromatic N) is 2. The third-order valence-electron chi connectivity index (χ3n) is 3.93. The predicted octanol–water partition coefficient (Wildman–Crippen LogP) is 4.59. The van der Waals surface area contributed by atoms with Crippen LogP contribution in [0.15, 0.2) is 52.2 Å². The van der Waals surface area contributed by atoms with Gasteiger partial charge in [-0.05, 0) is 47.4 Å². The largest absolute Gasteiger partial charge is 0.343 e. The fourth-order valence-corrected chi connectivity index (χ4v) is 3.36. The maximum Gasteiger partial charge on any atom is 0.198 e. The van der Waals surface area contributed by atoms with Crippen molar-refractivity contribution in [1.82, 2.24) is 4.90 Å². The molecule has 1 N–H and O–H groups in total. The van der Waals surface area contributed by atoms with Crippen LogP contribution in [0.2, 0.25) is 0 Å². The first-order valence-corrected chi connectivity index (χ1v) is 8.99. The molecule has 0 spiro atoms. The maximum absolute atomic E-state index is 4.86. The summed E-state index contributed by atoms with van der Waals surface area (Å²) in [5, 5.41) is 7.80. The molecule has 2 heterocycles. The zero-order valence-corrected chi connectivity index (χ0v) is 13.7. The van der Waals surface area contributed by atoms with Crippen LogP contribution in [0.4, 0.5) is 5.69 Å². The summed E-state index contributed by atoms with van der Waals surface area (Å²) in [5.41, 5.74) is 2.39. The van der Waals surface area contributed by atoms with Crippen molar-refractivity contribution in [3.8, 4) is 0 Å². The second-order valence-corrected chi connectivity index (χ2v) is 6.44. The zero-order valence-electron chi connectivity index (χ0n) is 12.9. The SMILES string of the molecule is c1ccc(NC(=NCc2ccsc2)N2CCCCCC2)cc1. The summed E-state index contributed by atoms with van der Waals surface area (Å²) in [6, 6.07) is 12.5. The first kappa shape index (κ1) is 15.1. The van der Waals surface area contributed by atoms with Crippen molar-refractivity contribution >= 4 is 23.0 Å². The van der Waals surface area contributed by atoms with E-state index in [2.05, 4.69) is 51.3 Å². The normalized spacial score (nSPS) is 16.4. The first-order chi connectivity index (χ1) is 10.9. The van der Waals surface area contributed by atoms with Crippen molar-refractivity contribution in [2.24, 2.45) is 4.99 Å². The molecule has 0 radical (unpaired) electrons. The Morgan fingerprint density at radius 1 is 1.05 bits per heavy atom. The van der Waals surface area contributed by atoms with Crippen LogP contribution >= 0.6 is 11.3 Å². The highest BCUT2D eigenvalue weighted by molar-refractivity contribution is 7.07. The average molecular weight is 313 g/mol. The number of benzene rings is 1. The van der Waals surface area contributed by atoms with Crippen molar-refractivity contribution < 1.29 is 0 Å². The Hall–Kier alpha value is -1.81. The number of nitrogens with one attached hydrogen (secondary N) is 1. The molecule has 2 aromatic rings. The second kappa shape index (κ2) is 7.99. The Balaban J connectivity index is 1.75. The molecule has 0 bridgehead atoms. The number of likely N-dealkylation sites (tertiary alicyclic amines) is 1. The Bertz CT molecular complexity index is 570. The summed E-state index contributed by atoms with van der Waals surface area (Å²) in [5.74, 6) is 1.01. The van der Waals surface area contributed by atoms with E-state index in [-0.39, 0.29) is 0 Å². The molecule has 1 aliphatic rings. The number of hydrogen-bond donors (Lipinski definition) is 1. The van der Waals surface area contributed by atoms with Crippen LogP contribution in [0, 0.1) is 0 Å². The van der Waals surface area contributed by atoms with E-state index in [4.69, 9.17) is 4.99 Å². The lowest BCUT2D eigenvalue weighted by atomic mass is 10.2. The van der Waals surface area contributed by atoms with Gasteiger partial charge in [0.05, 0.1) is 6.54 Å². The smallest absolute Gasteiger partial charge is 0.198 e. The van der Waals surface area contributed by atoms with Crippen molar-refractivity contribution in [3.05, 3.63) is 52.7 Å². The molecular weight excluding hydrogens is 290 g/mol. The van der Waals surface area contributed by atoms with Crippen molar-refractivity contribution in [2.45, 2.75) is 32.2 Å². The number of thiophene rings is 1. The Morgan fingerprint density at radius 2 is 1.82 bits per heavy atom. The highest BCUT2D eigenvalue weighted by atomic mass is 32.1. The highest BCUT2D eigenvalue weighted by Gasteiger charge is 2.14. The number of aliphatic imine (C=N–C) groups is 1. The Morgan fingerprint density at radius 3 is 2.50 bits per heavy atom. The highest BCUT2D eigenvalue weighted by Crippen LogP contribution is 2.14. The van der Waals surface area contributed by atoms with Gasteiger partial charge in [0.15, 0.2) is 5.96 Å². The summed E-state index contributed by atoms with van der Waals surface area (Å²) in [4.78, 5) is 7.27. The van der Waals surface area contributed by atoms with Gasteiger partial charge in [0.25, 0.3) is 0 Å². The van der Waals surface area contributed by atoms with Gasteiger partial charge in [-0.2, -0.15) is 11.3 Å². The van der Waals surface area contributed by atoms with E-state index in [0.29, 0.717) is 0 Å². The molecule has 22 heavy (non-hydrogen) atoms. The minimum absolute atomic E-state index is 0.745. The lowest BCUT2D eigenvalue weighted by Gasteiger charge is -2.25. The van der Waals surface area contributed by atoms with Gasteiger partial charge in [-0.1, -0.05) is 31.0 Å². The van der Waals surface area contributed by atoms with E-state index < -0.39 is 0 Å². The van der Waals surface area contributed by atoms with Gasteiger partial charge in [0.1, 0.15) is 0 Å². The second-order valence-electron chi connectivity index (χ2n) is 5.66. The monoisotopic (exact) mass is 313 g/mol. The number of para-hydroxylation sites is 1. The average Bonchev–Trinajstić information content (AvgIpc) is 2.93. The number of anilines is 1. The molecule has 4 heteroatoms.